The highest BCUT2D eigenvalue weighted by atomic mass is 19.2. The number of phenols is 1. The van der Waals surface area contributed by atoms with Crippen molar-refractivity contribution in [2.75, 3.05) is 33.2 Å². The molecule has 1 aromatic carbocycles. The number of nitrogens with zero attached hydrogens (tertiary/aromatic N) is 2. The SMILES string of the molecule is CN1CCN(C(=O)c2cc(F)c(F)c(O)c2F)CC1. The lowest BCUT2D eigenvalue weighted by molar-refractivity contribution is 0.0657. The molecule has 2 rings (SSSR count). The first kappa shape index (κ1) is 13.7. The van der Waals surface area contributed by atoms with E-state index in [0.717, 1.165) is 0 Å². The van der Waals surface area contributed by atoms with Crippen LogP contribution in [-0.4, -0.2) is 54.0 Å². The number of piperazine rings is 1. The molecule has 19 heavy (non-hydrogen) atoms. The molecule has 0 aliphatic carbocycles. The summed E-state index contributed by atoms with van der Waals surface area (Å²) < 4.78 is 39.7. The third-order valence-electron chi connectivity index (χ3n) is 3.15. The van der Waals surface area contributed by atoms with Gasteiger partial charge in [-0.25, -0.2) is 8.78 Å². The second-order valence-corrected chi connectivity index (χ2v) is 4.48. The number of carbonyl (C=O) groups is 1. The zero-order valence-electron chi connectivity index (χ0n) is 10.3. The van der Waals surface area contributed by atoms with Gasteiger partial charge in [0, 0.05) is 26.2 Å². The van der Waals surface area contributed by atoms with Gasteiger partial charge in [0.1, 0.15) is 0 Å². The summed E-state index contributed by atoms with van der Waals surface area (Å²) in [6.45, 7) is 1.97. The number of hydrogen-bond acceptors (Lipinski definition) is 3. The number of rotatable bonds is 1. The monoisotopic (exact) mass is 274 g/mol. The maximum absolute atomic E-state index is 13.6. The van der Waals surface area contributed by atoms with Gasteiger partial charge >= 0.3 is 0 Å². The van der Waals surface area contributed by atoms with Crippen LogP contribution in [0.4, 0.5) is 13.2 Å². The predicted octanol–water partition coefficient (Wildman–Crippen LogP) is 1.20. The van der Waals surface area contributed by atoms with Crippen molar-refractivity contribution >= 4 is 5.91 Å². The third kappa shape index (κ3) is 2.51. The van der Waals surface area contributed by atoms with Crippen LogP contribution in [0.2, 0.25) is 0 Å². The highest BCUT2D eigenvalue weighted by Crippen LogP contribution is 2.26. The van der Waals surface area contributed by atoms with E-state index in [4.69, 9.17) is 5.11 Å². The van der Waals surface area contributed by atoms with Crippen molar-refractivity contribution < 1.29 is 23.1 Å². The Morgan fingerprint density at radius 1 is 1.16 bits per heavy atom. The van der Waals surface area contributed by atoms with Crippen LogP contribution < -0.4 is 0 Å². The molecule has 1 fully saturated rings. The van der Waals surface area contributed by atoms with Gasteiger partial charge in [-0.3, -0.25) is 4.79 Å². The molecule has 1 aromatic rings. The van der Waals surface area contributed by atoms with Crippen LogP contribution >= 0.6 is 0 Å². The third-order valence-corrected chi connectivity index (χ3v) is 3.15. The normalized spacial score (nSPS) is 16.7. The van der Waals surface area contributed by atoms with Gasteiger partial charge in [-0.15, -0.1) is 0 Å². The molecule has 1 aliphatic heterocycles. The Morgan fingerprint density at radius 2 is 1.74 bits per heavy atom. The molecular weight excluding hydrogens is 261 g/mol. The van der Waals surface area contributed by atoms with Gasteiger partial charge in [-0.1, -0.05) is 0 Å². The van der Waals surface area contributed by atoms with Gasteiger partial charge < -0.3 is 14.9 Å². The average Bonchev–Trinajstić information content (AvgIpc) is 2.40. The first-order valence-electron chi connectivity index (χ1n) is 5.76. The van der Waals surface area contributed by atoms with Crippen molar-refractivity contribution in [1.82, 2.24) is 9.80 Å². The predicted molar refractivity (Wildman–Crippen MR) is 61.4 cm³/mol. The van der Waals surface area contributed by atoms with Crippen LogP contribution in [0.3, 0.4) is 0 Å². The fourth-order valence-corrected chi connectivity index (χ4v) is 1.93. The molecule has 0 radical (unpaired) electrons. The highest BCUT2D eigenvalue weighted by molar-refractivity contribution is 5.95. The van der Waals surface area contributed by atoms with E-state index in [-0.39, 0.29) is 0 Å². The minimum Gasteiger partial charge on any atom is -0.503 e. The van der Waals surface area contributed by atoms with Gasteiger partial charge in [0.15, 0.2) is 17.4 Å². The summed E-state index contributed by atoms with van der Waals surface area (Å²) in [6, 6.07) is 0.477. The number of halogens is 3. The lowest BCUT2D eigenvalue weighted by Crippen LogP contribution is -2.47. The number of aromatic hydroxyl groups is 1. The Hall–Kier alpha value is -1.76. The molecule has 0 saturated carbocycles. The van der Waals surface area contributed by atoms with Crippen LogP contribution in [-0.2, 0) is 0 Å². The Balaban J connectivity index is 2.29. The van der Waals surface area contributed by atoms with Crippen LogP contribution in [0.15, 0.2) is 6.07 Å². The van der Waals surface area contributed by atoms with Crippen LogP contribution in [0.25, 0.3) is 0 Å². The second kappa shape index (κ2) is 5.08. The summed E-state index contributed by atoms with van der Waals surface area (Å²) in [5.74, 6) is -6.77. The second-order valence-electron chi connectivity index (χ2n) is 4.48. The molecule has 4 nitrogen and oxygen atoms in total. The smallest absolute Gasteiger partial charge is 0.257 e. The summed E-state index contributed by atoms with van der Waals surface area (Å²) in [5.41, 5.74) is -0.652. The number of phenolic OH excluding ortho intramolecular Hbond substituents is 1. The van der Waals surface area contributed by atoms with Gasteiger partial charge in [0.2, 0.25) is 5.82 Å². The van der Waals surface area contributed by atoms with Gasteiger partial charge in [-0.05, 0) is 13.1 Å². The Labute approximate surface area is 108 Å². The topological polar surface area (TPSA) is 43.8 Å². The first-order chi connectivity index (χ1) is 8.91. The van der Waals surface area contributed by atoms with Crippen molar-refractivity contribution in [3.63, 3.8) is 0 Å². The molecule has 1 saturated heterocycles. The molecule has 104 valence electrons. The molecule has 1 heterocycles. The average molecular weight is 274 g/mol. The minimum atomic E-state index is -1.69. The van der Waals surface area contributed by atoms with Gasteiger partial charge in [0.05, 0.1) is 5.56 Å². The van der Waals surface area contributed by atoms with E-state index < -0.39 is 34.7 Å². The molecule has 7 heteroatoms. The van der Waals surface area contributed by atoms with Crippen LogP contribution in [0, 0.1) is 17.5 Å². The zero-order chi connectivity index (χ0) is 14.2. The van der Waals surface area contributed by atoms with Crippen LogP contribution in [0.5, 0.6) is 5.75 Å². The van der Waals surface area contributed by atoms with Crippen molar-refractivity contribution in [3.05, 3.63) is 29.1 Å². The Kier molecular flexibility index (Phi) is 3.66. The lowest BCUT2D eigenvalue weighted by atomic mass is 10.1. The fourth-order valence-electron chi connectivity index (χ4n) is 1.93. The molecule has 1 aliphatic rings. The van der Waals surface area contributed by atoms with Gasteiger partial charge in [-0.2, -0.15) is 4.39 Å². The van der Waals surface area contributed by atoms with E-state index >= 15 is 0 Å². The molecule has 0 atom stereocenters. The molecule has 0 unspecified atom stereocenters. The number of amides is 1. The number of carbonyl (C=O) groups excluding carboxylic acids is 1. The van der Waals surface area contributed by atoms with E-state index in [0.29, 0.717) is 32.2 Å². The van der Waals surface area contributed by atoms with Crippen molar-refractivity contribution in [3.8, 4) is 5.75 Å². The maximum atomic E-state index is 13.6. The van der Waals surface area contributed by atoms with E-state index in [1.165, 1.54) is 4.90 Å². The van der Waals surface area contributed by atoms with Crippen molar-refractivity contribution in [2.24, 2.45) is 0 Å². The summed E-state index contributed by atoms with van der Waals surface area (Å²) in [6.07, 6.45) is 0. The molecular formula is C12H13F3N2O2. The maximum Gasteiger partial charge on any atom is 0.257 e. The molecule has 1 amide bonds. The van der Waals surface area contributed by atoms with Crippen molar-refractivity contribution in [1.29, 1.82) is 0 Å². The number of likely N-dealkylation sites (N-methyl/N-ethyl adjacent to an activating group) is 1. The molecule has 0 spiro atoms. The summed E-state index contributed by atoms with van der Waals surface area (Å²) >= 11 is 0. The number of hydrogen-bond donors (Lipinski definition) is 1. The highest BCUT2D eigenvalue weighted by Gasteiger charge is 2.27. The molecule has 0 aromatic heterocycles. The van der Waals surface area contributed by atoms with Gasteiger partial charge in [0.25, 0.3) is 5.91 Å². The van der Waals surface area contributed by atoms with Crippen LogP contribution in [0.1, 0.15) is 10.4 Å². The largest absolute Gasteiger partial charge is 0.503 e. The molecule has 1 N–H and O–H groups in total. The quantitative estimate of drug-likeness (QED) is 0.783. The lowest BCUT2D eigenvalue weighted by Gasteiger charge is -2.32. The first-order valence-corrected chi connectivity index (χ1v) is 5.76. The number of benzene rings is 1. The summed E-state index contributed by atoms with van der Waals surface area (Å²) in [5, 5.41) is 9.09. The Morgan fingerprint density at radius 3 is 2.32 bits per heavy atom. The Bertz CT molecular complexity index is 514. The zero-order valence-corrected chi connectivity index (χ0v) is 10.3. The summed E-state index contributed by atoms with van der Waals surface area (Å²) in [7, 11) is 1.88. The minimum absolute atomic E-state index is 0.370. The summed E-state index contributed by atoms with van der Waals surface area (Å²) in [4.78, 5) is 15.3. The standard InChI is InChI=1S/C12H13F3N2O2/c1-16-2-4-17(5-3-16)12(19)7-6-8(13)10(15)11(18)9(7)14/h6,18H,2-5H2,1H3. The van der Waals surface area contributed by atoms with E-state index in [2.05, 4.69) is 0 Å². The fraction of sp³-hybridized carbons (Fsp3) is 0.417. The van der Waals surface area contributed by atoms with Crippen molar-refractivity contribution in [2.45, 2.75) is 0 Å². The molecule has 0 bridgehead atoms. The van der Waals surface area contributed by atoms with E-state index in [1.54, 1.807) is 0 Å². The van der Waals surface area contributed by atoms with E-state index in [1.807, 2.05) is 11.9 Å². The van der Waals surface area contributed by atoms with E-state index in [9.17, 15) is 18.0 Å².